The Morgan fingerprint density at radius 1 is 0.968 bits per heavy atom. The summed E-state index contributed by atoms with van der Waals surface area (Å²) in [6.45, 7) is -0.434. The van der Waals surface area contributed by atoms with Crippen LogP contribution in [0.5, 0.6) is 0 Å². The fourth-order valence-corrected chi connectivity index (χ4v) is 3.38. The molecule has 0 aliphatic carbocycles. The molecular formula is C21H33N5O4S. The molecule has 1 rings (SSSR count). The Hall–Kier alpha value is -2.59. The van der Waals surface area contributed by atoms with Crippen LogP contribution in [0.1, 0.15) is 12.0 Å². The predicted octanol–water partition coefficient (Wildman–Crippen LogP) is -0.461. The lowest BCUT2D eigenvalue weighted by molar-refractivity contribution is -0.144. The van der Waals surface area contributed by atoms with Crippen molar-refractivity contribution in [3.8, 4) is 0 Å². The number of hydrogen-bond acceptors (Lipinski definition) is 6. The molecule has 4 amide bonds. The van der Waals surface area contributed by atoms with E-state index in [1.165, 1.54) is 35.8 Å². The highest BCUT2D eigenvalue weighted by molar-refractivity contribution is 7.98. The van der Waals surface area contributed by atoms with E-state index < -0.39 is 29.8 Å². The van der Waals surface area contributed by atoms with Crippen molar-refractivity contribution in [2.45, 2.75) is 24.9 Å². The van der Waals surface area contributed by atoms with Crippen molar-refractivity contribution >= 4 is 35.4 Å². The molecule has 172 valence electrons. The van der Waals surface area contributed by atoms with Gasteiger partial charge in [0.05, 0.1) is 19.1 Å². The smallest absolute Gasteiger partial charge is 0.242 e. The van der Waals surface area contributed by atoms with Gasteiger partial charge in [-0.2, -0.15) is 11.8 Å². The van der Waals surface area contributed by atoms with Gasteiger partial charge < -0.3 is 26.2 Å². The molecule has 0 unspecified atom stereocenters. The maximum atomic E-state index is 12.7. The maximum absolute atomic E-state index is 12.7. The van der Waals surface area contributed by atoms with Crippen LogP contribution in [-0.2, 0) is 25.6 Å². The molecule has 0 radical (unpaired) electrons. The van der Waals surface area contributed by atoms with E-state index in [2.05, 4.69) is 0 Å². The summed E-state index contributed by atoms with van der Waals surface area (Å²) in [4.78, 5) is 53.1. The lowest BCUT2D eigenvalue weighted by Crippen LogP contribution is -2.51. The number of carbonyl (C=O) groups is 4. The minimum atomic E-state index is -0.836. The Labute approximate surface area is 188 Å². The normalized spacial score (nSPS) is 12.5. The van der Waals surface area contributed by atoms with Crippen molar-refractivity contribution in [1.29, 1.82) is 0 Å². The summed E-state index contributed by atoms with van der Waals surface area (Å²) in [7, 11) is 4.46. The van der Waals surface area contributed by atoms with Crippen LogP contribution in [0.15, 0.2) is 30.3 Å². The average Bonchev–Trinajstić information content (AvgIpc) is 2.74. The van der Waals surface area contributed by atoms with Gasteiger partial charge in [0.1, 0.15) is 6.04 Å². The largest absolute Gasteiger partial charge is 0.368 e. The molecule has 4 N–H and O–H groups in total. The molecule has 1 aromatic rings. The number of nitrogens with zero attached hydrogens (tertiary/aromatic N) is 3. The second kappa shape index (κ2) is 13.0. The van der Waals surface area contributed by atoms with E-state index in [4.69, 9.17) is 11.5 Å². The van der Waals surface area contributed by atoms with Gasteiger partial charge in [0.2, 0.25) is 23.6 Å². The number of carbonyl (C=O) groups excluding carboxylic acids is 4. The molecule has 10 heteroatoms. The highest BCUT2D eigenvalue weighted by Crippen LogP contribution is 2.09. The van der Waals surface area contributed by atoms with E-state index in [9.17, 15) is 19.2 Å². The van der Waals surface area contributed by atoms with E-state index in [0.717, 1.165) is 11.3 Å². The Kier molecular flexibility index (Phi) is 11.1. The Morgan fingerprint density at radius 3 is 2.10 bits per heavy atom. The molecule has 0 bridgehead atoms. The van der Waals surface area contributed by atoms with E-state index in [1.54, 1.807) is 11.8 Å². The van der Waals surface area contributed by atoms with Gasteiger partial charge in [-0.15, -0.1) is 0 Å². The summed E-state index contributed by atoms with van der Waals surface area (Å²) in [6, 6.07) is 7.73. The molecule has 0 saturated heterocycles. The number of likely N-dealkylation sites (N-methyl/N-ethyl adjacent to an activating group) is 3. The Morgan fingerprint density at radius 2 is 1.55 bits per heavy atom. The molecule has 9 nitrogen and oxygen atoms in total. The molecule has 0 heterocycles. The molecule has 31 heavy (non-hydrogen) atoms. The summed E-state index contributed by atoms with van der Waals surface area (Å²) in [5.74, 6) is -1.04. The standard InChI is InChI=1S/C21H33N5O4S/c1-24(18(27)13-25(2)21(30)16(22)10-11-31-4)14-19(28)26(3)17(20(23)29)12-15-8-6-5-7-9-15/h5-9,16-17H,10-14,22H2,1-4H3,(H2,23,29)/t16-,17-/m0/s1. The first-order chi connectivity index (χ1) is 14.6. The van der Waals surface area contributed by atoms with Gasteiger partial charge in [0.25, 0.3) is 0 Å². The van der Waals surface area contributed by atoms with E-state index in [-0.39, 0.29) is 25.4 Å². The van der Waals surface area contributed by atoms with Crippen molar-refractivity contribution in [3.05, 3.63) is 35.9 Å². The van der Waals surface area contributed by atoms with Gasteiger partial charge in [-0.1, -0.05) is 30.3 Å². The van der Waals surface area contributed by atoms with E-state index in [0.29, 0.717) is 6.42 Å². The summed E-state index contributed by atoms with van der Waals surface area (Å²) >= 11 is 1.59. The lowest BCUT2D eigenvalue weighted by Gasteiger charge is -2.29. The minimum absolute atomic E-state index is 0.192. The molecule has 2 atom stereocenters. The quantitative estimate of drug-likeness (QED) is 0.442. The van der Waals surface area contributed by atoms with Gasteiger partial charge in [0, 0.05) is 27.6 Å². The second-order valence-electron chi connectivity index (χ2n) is 7.44. The number of benzene rings is 1. The van der Waals surface area contributed by atoms with Crippen LogP contribution < -0.4 is 11.5 Å². The Balaban J connectivity index is 2.66. The van der Waals surface area contributed by atoms with Crippen molar-refractivity contribution in [3.63, 3.8) is 0 Å². The fraction of sp³-hybridized carbons (Fsp3) is 0.524. The van der Waals surface area contributed by atoms with Gasteiger partial charge in [-0.3, -0.25) is 19.2 Å². The van der Waals surface area contributed by atoms with Crippen molar-refractivity contribution in [2.24, 2.45) is 11.5 Å². The first-order valence-electron chi connectivity index (χ1n) is 9.90. The van der Waals surface area contributed by atoms with Crippen molar-refractivity contribution in [1.82, 2.24) is 14.7 Å². The average molecular weight is 452 g/mol. The fourth-order valence-electron chi connectivity index (χ4n) is 2.90. The molecule has 1 aromatic carbocycles. The van der Waals surface area contributed by atoms with Crippen LogP contribution in [0.2, 0.25) is 0 Å². The SMILES string of the molecule is CSCC[C@H](N)C(=O)N(C)CC(=O)N(C)CC(=O)N(C)[C@@H](Cc1ccccc1)C(N)=O. The molecule has 0 fully saturated rings. The summed E-state index contributed by atoms with van der Waals surface area (Å²) in [5, 5.41) is 0. The summed E-state index contributed by atoms with van der Waals surface area (Å²) in [6.07, 6.45) is 2.73. The third-order valence-corrected chi connectivity index (χ3v) is 5.60. The zero-order chi connectivity index (χ0) is 23.6. The summed E-state index contributed by atoms with van der Waals surface area (Å²) in [5.41, 5.74) is 12.2. The number of amides is 4. The zero-order valence-electron chi connectivity index (χ0n) is 18.6. The van der Waals surface area contributed by atoms with Crippen molar-refractivity contribution < 1.29 is 19.2 Å². The van der Waals surface area contributed by atoms with Crippen LogP contribution in [-0.4, -0.2) is 96.7 Å². The van der Waals surface area contributed by atoms with Gasteiger partial charge in [-0.05, 0) is 24.0 Å². The van der Waals surface area contributed by atoms with Crippen LogP contribution in [0.4, 0.5) is 0 Å². The highest BCUT2D eigenvalue weighted by Gasteiger charge is 2.27. The monoisotopic (exact) mass is 451 g/mol. The zero-order valence-corrected chi connectivity index (χ0v) is 19.4. The highest BCUT2D eigenvalue weighted by atomic mass is 32.2. The number of nitrogens with two attached hydrogens (primary N) is 2. The molecular weight excluding hydrogens is 418 g/mol. The van der Waals surface area contributed by atoms with Crippen LogP contribution in [0, 0.1) is 0 Å². The first-order valence-corrected chi connectivity index (χ1v) is 11.3. The Bertz CT molecular complexity index is 761. The van der Waals surface area contributed by atoms with Crippen molar-refractivity contribution in [2.75, 3.05) is 46.2 Å². The van der Waals surface area contributed by atoms with E-state index in [1.807, 2.05) is 36.6 Å². The predicted molar refractivity (Wildman–Crippen MR) is 122 cm³/mol. The number of primary amides is 1. The third-order valence-electron chi connectivity index (χ3n) is 4.96. The number of rotatable bonds is 12. The maximum Gasteiger partial charge on any atom is 0.242 e. The minimum Gasteiger partial charge on any atom is -0.368 e. The topological polar surface area (TPSA) is 130 Å². The molecule has 0 aliphatic heterocycles. The number of thioether (sulfide) groups is 1. The molecule has 0 saturated carbocycles. The lowest BCUT2D eigenvalue weighted by atomic mass is 10.0. The third kappa shape index (κ3) is 8.58. The van der Waals surface area contributed by atoms with Crippen LogP contribution in [0.3, 0.4) is 0 Å². The molecule has 0 aliphatic rings. The number of hydrogen-bond donors (Lipinski definition) is 2. The molecule has 0 spiro atoms. The van der Waals surface area contributed by atoms with Gasteiger partial charge in [0.15, 0.2) is 0 Å². The van der Waals surface area contributed by atoms with Crippen LogP contribution >= 0.6 is 11.8 Å². The van der Waals surface area contributed by atoms with Crippen LogP contribution in [0.25, 0.3) is 0 Å². The van der Waals surface area contributed by atoms with E-state index >= 15 is 0 Å². The first kappa shape index (κ1) is 26.4. The van der Waals surface area contributed by atoms with Gasteiger partial charge >= 0.3 is 0 Å². The molecule has 0 aromatic heterocycles. The summed E-state index contributed by atoms with van der Waals surface area (Å²) < 4.78 is 0. The van der Waals surface area contributed by atoms with Gasteiger partial charge in [-0.25, -0.2) is 0 Å². The second-order valence-corrected chi connectivity index (χ2v) is 8.43.